The maximum atomic E-state index is 5.55. The molecule has 0 saturated heterocycles. The Hall–Kier alpha value is -1.58. The second-order valence-corrected chi connectivity index (χ2v) is 3.79. The molecule has 0 bridgehead atoms. The Bertz CT molecular complexity index is 397. The highest BCUT2D eigenvalue weighted by Crippen LogP contribution is 2.00. The zero-order valence-electron chi connectivity index (χ0n) is 9.76. The van der Waals surface area contributed by atoms with Crippen molar-refractivity contribution < 1.29 is 9.15 Å². The van der Waals surface area contributed by atoms with Crippen LogP contribution >= 0.6 is 0 Å². The molecule has 0 saturated carbocycles. The molecule has 0 atom stereocenters. The van der Waals surface area contributed by atoms with Crippen molar-refractivity contribution in [2.75, 3.05) is 13.2 Å². The lowest BCUT2D eigenvalue weighted by atomic mass is 10.2. The van der Waals surface area contributed by atoms with Crippen LogP contribution in [0.3, 0.4) is 0 Å². The summed E-state index contributed by atoms with van der Waals surface area (Å²) in [6, 6.07) is 14.0. The van der Waals surface area contributed by atoms with Gasteiger partial charge in [0.2, 0.25) is 0 Å². The lowest BCUT2D eigenvalue weighted by Crippen LogP contribution is -2.18. The average molecular weight is 231 g/mol. The molecule has 0 unspecified atom stereocenters. The van der Waals surface area contributed by atoms with Gasteiger partial charge in [-0.15, -0.1) is 0 Å². The summed E-state index contributed by atoms with van der Waals surface area (Å²) >= 11 is 0. The fraction of sp³-hybridized carbons (Fsp3) is 0.286. The second-order valence-electron chi connectivity index (χ2n) is 3.79. The van der Waals surface area contributed by atoms with Crippen LogP contribution in [-0.2, 0) is 17.9 Å². The van der Waals surface area contributed by atoms with Gasteiger partial charge in [0.15, 0.2) is 0 Å². The first-order valence-electron chi connectivity index (χ1n) is 5.80. The zero-order chi connectivity index (χ0) is 11.8. The largest absolute Gasteiger partial charge is 0.468 e. The van der Waals surface area contributed by atoms with Gasteiger partial charge in [0.05, 0.1) is 26.0 Å². The van der Waals surface area contributed by atoms with Crippen molar-refractivity contribution in [1.29, 1.82) is 0 Å². The molecule has 3 nitrogen and oxygen atoms in total. The lowest BCUT2D eigenvalue weighted by Gasteiger charge is -2.05. The van der Waals surface area contributed by atoms with Crippen molar-refractivity contribution in [3.63, 3.8) is 0 Å². The molecule has 1 heterocycles. The summed E-state index contributed by atoms with van der Waals surface area (Å²) in [5.41, 5.74) is 1.21. The SMILES string of the molecule is c1ccc(COCCNCc2ccco2)cc1. The monoisotopic (exact) mass is 231 g/mol. The number of nitrogens with one attached hydrogen (secondary N) is 1. The van der Waals surface area contributed by atoms with Gasteiger partial charge < -0.3 is 14.5 Å². The minimum atomic E-state index is 0.670. The summed E-state index contributed by atoms with van der Waals surface area (Å²) in [5.74, 6) is 0.952. The van der Waals surface area contributed by atoms with Crippen molar-refractivity contribution >= 4 is 0 Å². The molecule has 17 heavy (non-hydrogen) atoms. The first-order valence-corrected chi connectivity index (χ1v) is 5.80. The van der Waals surface area contributed by atoms with E-state index in [9.17, 15) is 0 Å². The van der Waals surface area contributed by atoms with E-state index in [0.717, 1.165) is 18.8 Å². The Labute approximate surface area is 101 Å². The third-order valence-corrected chi connectivity index (χ3v) is 2.41. The number of furan rings is 1. The fourth-order valence-electron chi connectivity index (χ4n) is 1.53. The predicted octanol–water partition coefficient (Wildman–Crippen LogP) is 2.59. The minimum absolute atomic E-state index is 0.670. The Morgan fingerprint density at radius 2 is 1.94 bits per heavy atom. The van der Waals surface area contributed by atoms with Gasteiger partial charge >= 0.3 is 0 Å². The molecule has 0 aliphatic heterocycles. The van der Waals surface area contributed by atoms with Gasteiger partial charge in [0, 0.05) is 6.54 Å². The van der Waals surface area contributed by atoms with E-state index in [0.29, 0.717) is 13.2 Å². The summed E-state index contributed by atoms with van der Waals surface area (Å²) in [6.07, 6.45) is 1.68. The van der Waals surface area contributed by atoms with E-state index < -0.39 is 0 Å². The molecule has 1 aromatic heterocycles. The van der Waals surface area contributed by atoms with Crippen molar-refractivity contribution in [3.8, 4) is 0 Å². The molecule has 0 amide bonds. The van der Waals surface area contributed by atoms with Gasteiger partial charge in [-0.2, -0.15) is 0 Å². The highest BCUT2D eigenvalue weighted by atomic mass is 16.5. The number of rotatable bonds is 7. The number of benzene rings is 1. The molecule has 2 aromatic rings. The molecule has 90 valence electrons. The summed E-state index contributed by atoms with van der Waals surface area (Å²) in [5, 5.41) is 3.26. The summed E-state index contributed by atoms with van der Waals surface area (Å²) in [6.45, 7) is 2.95. The molecule has 3 heteroatoms. The highest BCUT2D eigenvalue weighted by molar-refractivity contribution is 5.13. The fourth-order valence-corrected chi connectivity index (χ4v) is 1.53. The highest BCUT2D eigenvalue weighted by Gasteiger charge is 1.95. The standard InChI is InChI=1S/C14H17NO2/c1-2-5-13(6-3-1)12-16-10-8-15-11-14-7-4-9-17-14/h1-7,9,15H,8,10-12H2. The molecular weight excluding hydrogens is 214 g/mol. The van der Waals surface area contributed by atoms with E-state index in [1.807, 2.05) is 30.3 Å². The van der Waals surface area contributed by atoms with Crippen LogP contribution in [0.2, 0.25) is 0 Å². The normalized spacial score (nSPS) is 10.6. The molecule has 1 N–H and O–H groups in total. The lowest BCUT2D eigenvalue weighted by molar-refractivity contribution is 0.122. The van der Waals surface area contributed by atoms with Crippen LogP contribution in [0.25, 0.3) is 0 Å². The molecule has 0 aliphatic carbocycles. The molecule has 0 spiro atoms. The van der Waals surface area contributed by atoms with Crippen molar-refractivity contribution in [3.05, 3.63) is 60.1 Å². The van der Waals surface area contributed by atoms with Crippen LogP contribution < -0.4 is 5.32 Å². The van der Waals surface area contributed by atoms with E-state index in [1.165, 1.54) is 5.56 Å². The quantitative estimate of drug-likeness (QED) is 0.744. The van der Waals surface area contributed by atoms with Gasteiger partial charge in [-0.25, -0.2) is 0 Å². The van der Waals surface area contributed by atoms with Gasteiger partial charge in [0.1, 0.15) is 5.76 Å². The smallest absolute Gasteiger partial charge is 0.117 e. The Kier molecular flexibility index (Phi) is 4.82. The van der Waals surface area contributed by atoms with Crippen LogP contribution in [-0.4, -0.2) is 13.2 Å². The molecule has 2 rings (SSSR count). The van der Waals surface area contributed by atoms with Crippen LogP contribution in [0.15, 0.2) is 53.1 Å². The van der Waals surface area contributed by atoms with Crippen molar-refractivity contribution in [2.45, 2.75) is 13.2 Å². The van der Waals surface area contributed by atoms with Gasteiger partial charge in [-0.05, 0) is 17.7 Å². The van der Waals surface area contributed by atoms with Gasteiger partial charge in [-0.1, -0.05) is 30.3 Å². The van der Waals surface area contributed by atoms with Crippen LogP contribution in [0.4, 0.5) is 0 Å². The van der Waals surface area contributed by atoms with Gasteiger partial charge in [0.25, 0.3) is 0 Å². The predicted molar refractivity (Wildman–Crippen MR) is 66.5 cm³/mol. The molecule has 1 aromatic carbocycles. The topological polar surface area (TPSA) is 34.4 Å². The zero-order valence-corrected chi connectivity index (χ0v) is 9.76. The first-order chi connectivity index (χ1) is 8.45. The van der Waals surface area contributed by atoms with E-state index in [-0.39, 0.29) is 0 Å². The van der Waals surface area contributed by atoms with Crippen molar-refractivity contribution in [1.82, 2.24) is 5.32 Å². The summed E-state index contributed by atoms with van der Waals surface area (Å²) in [7, 11) is 0. The molecule has 0 fully saturated rings. The van der Waals surface area contributed by atoms with E-state index in [2.05, 4.69) is 17.4 Å². The molecular formula is C14H17NO2. The number of hydrogen-bond donors (Lipinski definition) is 1. The van der Waals surface area contributed by atoms with Crippen LogP contribution in [0.1, 0.15) is 11.3 Å². The van der Waals surface area contributed by atoms with Crippen molar-refractivity contribution in [2.24, 2.45) is 0 Å². The van der Waals surface area contributed by atoms with Gasteiger partial charge in [-0.3, -0.25) is 0 Å². The van der Waals surface area contributed by atoms with Crippen LogP contribution in [0.5, 0.6) is 0 Å². The molecule has 0 aliphatic rings. The van der Waals surface area contributed by atoms with Crippen LogP contribution in [0, 0.1) is 0 Å². The second kappa shape index (κ2) is 6.89. The van der Waals surface area contributed by atoms with E-state index in [1.54, 1.807) is 6.26 Å². The Morgan fingerprint density at radius 1 is 1.06 bits per heavy atom. The first kappa shape index (κ1) is 11.9. The summed E-state index contributed by atoms with van der Waals surface area (Å²) < 4.78 is 10.8. The number of ether oxygens (including phenoxy) is 1. The maximum absolute atomic E-state index is 5.55. The summed E-state index contributed by atoms with van der Waals surface area (Å²) in [4.78, 5) is 0. The Balaban J connectivity index is 1.52. The molecule has 0 radical (unpaired) electrons. The van der Waals surface area contributed by atoms with E-state index in [4.69, 9.17) is 9.15 Å². The minimum Gasteiger partial charge on any atom is -0.468 e. The third kappa shape index (κ3) is 4.43. The average Bonchev–Trinajstić information content (AvgIpc) is 2.88. The van der Waals surface area contributed by atoms with E-state index >= 15 is 0 Å². The third-order valence-electron chi connectivity index (χ3n) is 2.41. The number of hydrogen-bond acceptors (Lipinski definition) is 3. The Morgan fingerprint density at radius 3 is 2.71 bits per heavy atom. The maximum Gasteiger partial charge on any atom is 0.117 e.